The van der Waals surface area contributed by atoms with Gasteiger partial charge in [0.15, 0.2) is 0 Å². The van der Waals surface area contributed by atoms with E-state index in [0.29, 0.717) is 0 Å². The van der Waals surface area contributed by atoms with Gasteiger partial charge in [-0.3, -0.25) is 4.90 Å². The molecule has 3 heteroatoms. The molecule has 108 valence electrons. The predicted octanol–water partition coefficient (Wildman–Crippen LogP) is 3.40. The summed E-state index contributed by atoms with van der Waals surface area (Å²) in [5, 5.41) is 3.38. The van der Waals surface area contributed by atoms with Crippen molar-refractivity contribution in [2.45, 2.75) is 52.6 Å². The first kappa shape index (κ1) is 14.6. The number of furan rings is 1. The number of likely N-dealkylation sites (tertiary alicyclic amines) is 1. The largest absolute Gasteiger partial charge is 0.468 e. The van der Waals surface area contributed by atoms with Crippen molar-refractivity contribution in [1.29, 1.82) is 0 Å². The maximum atomic E-state index is 5.68. The van der Waals surface area contributed by atoms with Crippen LogP contribution in [0.15, 0.2) is 16.7 Å². The summed E-state index contributed by atoms with van der Waals surface area (Å²) in [6, 6.07) is 2.10. The van der Waals surface area contributed by atoms with E-state index >= 15 is 0 Å². The Morgan fingerprint density at radius 3 is 3.00 bits per heavy atom. The lowest BCUT2D eigenvalue weighted by Crippen LogP contribution is -2.25. The Hall–Kier alpha value is -0.800. The van der Waals surface area contributed by atoms with Gasteiger partial charge in [0.1, 0.15) is 5.76 Å². The monoisotopic (exact) mass is 264 g/mol. The molecule has 0 spiro atoms. The first-order valence-corrected chi connectivity index (χ1v) is 7.81. The second-order valence-electron chi connectivity index (χ2n) is 5.63. The summed E-state index contributed by atoms with van der Waals surface area (Å²) in [7, 11) is 0. The van der Waals surface area contributed by atoms with Crippen LogP contribution in [0.4, 0.5) is 0 Å². The fourth-order valence-electron chi connectivity index (χ4n) is 2.92. The number of rotatable bonds is 6. The van der Waals surface area contributed by atoms with Crippen LogP contribution in [-0.2, 0) is 13.1 Å². The van der Waals surface area contributed by atoms with Gasteiger partial charge in [-0.25, -0.2) is 0 Å². The molecule has 2 heterocycles. The van der Waals surface area contributed by atoms with E-state index in [1.165, 1.54) is 44.3 Å². The van der Waals surface area contributed by atoms with Crippen molar-refractivity contribution in [3.8, 4) is 0 Å². The molecule has 19 heavy (non-hydrogen) atoms. The Bertz CT molecular complexity index is 361. The van der Waals surface area contributed by atoms with Gasteiger partial charge in [0.2, 0.25) is 0 Å². The average Bonchev–Trinajstić information content (AvgIpc) is 2.73. The lowest BCUT2D eigenvalue weighted by atomic mass is 9.98. The lowest BCUT2D eigenvalue weighted by molar-refractivity contribution is 0.248. The molecular formula is C16H28N2O. The van der Waals surface area contributed by atoms with Crippen LogP contribution in [0.2, 0.25) is 0 Å². The third-order valence-corrected chi connectivity index (χ3v) is 4.29. The molecule has 3 nitrogen and oxygen atoms in total. The van der Waals surface area contributed by atoms with Gasteiger partial charge in [0.25, 0.3) is 0 Å². The van der Waals surface area contributed by atoms with Crippen LogP contribution in [0, 0.1) is 5.92 Å². The molecular weight excluding hydrogens is 236 g/mol. The first-order chi connectivity index (χ1) is 9.33. The molecule has 1 N–H and O–H groups in total. The molecule has 1 unspecified atom stereocenters. The van der Waals surface area contributed by atoms with E-state index in [4.69, 9.17) is 4.42 Å². The van der Waals surface area contributed by atoms with Crippen molar-refractivity contribution < 1.29 is 4.42 Å². The van der Waals surface area contributed by atoms with Gasteiger partial charge in [-0.05, 0) is 50.9 Å². The highest BCUT2D eigenvalue weighted by Crippen LogP contribution is 2.22. The van der Waals surface area contributed by atoms with Crippen molar-refractivity contribution in [1.82, 2.24) is 10.2 Å². The molecule has 2 rings (SSSR count). The summed E-state index contributed by atoms with van der Waals surface area (Å²) in [6.07, 6.45) is 7.24. The highest BCUT2D eigenvalue weighted by molar-refractivity contribution is 5.16. The SMILES string of the molecule is CCNCc1ccoc1CN1CCCC(CC)CC1. The second kappa shape index (κ2) is 7.71. The van der Waals surface area contributed by atoms with E-state index in [-0.39, 0.29) is 0 Å². The van der Waals surface area contributed by atoms with Crippen LogP contribution in [0.25, 0.3) is 0 Å². The number of hydrogen-bond acceptors (Lipinski definition) is 3. The summed E-state index contributed by atoms with van der Waals surface area (Å²) in [4.78, 5) is 2.56. The Labute approximate surface area is 117 Å². The van der Waals surface area contributed by atoms with Gasteiger partial charge in [0, 0.05) is 12.1 Å². The molecule has 0 bridgehead atoms. The summed E-state index contributed by atoms with van der Waals surface area (Å²) in [6.45, 7) is 9.81. The Morgan fingerprint density at radius 2 is 2.21 bits per heavy atom. The first-order valence-electron chi connectivity index (χ1n) is 7.81. The standard InChI is InChI=1S/C16H28N2O/c1-3-14-6-5-9-18(10-7-14)13-16-15(8-11-19-16)12-17-4-2/h8,11,14,17H,3-7,9-10,12-13H2,1-2H3. The third-order valence-electron chi connectivity index (χ3n) is 4.29. The molecule has 1 aliphatic rings. The van der Waals surface area contributed by atoms with Crippen LogP contribution in [-0.4, -0.2) is 24.5 Å². The second-order valence-corrected chi connectivity index (χ2v) is 5.63. The molecule has 1 aromatic rings. The molecule has 0 radical (unpaired) electrons. The van der Waals surface area contributed by atoms with Crippen molar-refractivity contribution in [3.05, 3.63) is 23.7 Å². The summed E-state index contributed by atoms with van der Waals surface area (Å²) in [5.74, 6) is 2.08. The number of nitrogens with one attached hydrogen (secondary N) is 1. The molecule has 0 aliphatic carbocycles. The van der Waals surface area contributed by atoms with Gasteiger partial charge < -0.3 is 9.73 Å². The quantitative estimate of drug-likeness (QED) is 0.853. The number of nitrogens with zero attached hydrogens (tertiary/aromatic N) is 1. The van der Waals surface area contributed by atoms with Crippen molar-refractivity contribution in [2.24, 2.45) is 5.92 Å². The summed E-state index contributed by atoms with van der Waals surface area (Å²) in [5.41, 5.74) is 1.32. The van der Waals surface area contributed by atoms with E-state index in [2.05, 4.69) is 30.1 Å². The van der Waals surface area contributed by atoms with Gasteiger partial charge >= 0.3 is 0 Å². The molecule has 1 aliphatic heterocycles. The molecule has 1 saturated heterocycles. The molecule has 0 amide bonds. The smallest absolute Gasteiger partial charge is 0.122 e. The molecule has 0 saturated carbocycles. The zero-order valence-corrected chi connectivity index (χ0v) is 12.5. The van der Waals surface area contributed by atoms with Crippen molar-refractivity contribution in [2.75, 3.05) is 19.6 Å². The lowest BCUT2D eigenvalue weighted by Gasteiger charge is -2.19. The average molecular weight is 264 g/mol. The maximum absolute atomic E-state index is 5.68. The highest BCUT2D eigenvalue weighted by Gasteiger charge is 2.17. The van der Waals surface area contributed by atoms with Gasteiger partial charge in [-0.1, -0.05) is 20.3 Å². The Balaban J connectivity index is 1.88. The molecule has 1 atom stereocenters. The zero-order valence-electron chi connectivity index (χ0n) is 12.5. The fraction of sp³-hybridized carbons (Fsp3) is 0.750. The number of hydrogen-bond donors (Lipinski definition) is 1. The van der Waals surface area contributed by atoms with Crippen LogP contribution in [0.3, 0.4) is 0 Å². The third kappa shape index (κ3) is 4.36. The zero-order chi connectivity index (χ0) is 13.5. The maximum Gasteiger partial charge on any atom is 0.122 e. The van der Waals surface area contributed by atoms with E-state index < -0.39 is 0 Å². The van der Waals surface area contributed by atoms with Gasteiger partial charge in [-0.15, -0.1) is 0 Å². The topological polar surface area (TPSA) is 28.4 Å². The van der Waals surface area contributed by atoms with Crippen molar-refractivity contribution >= 4 is 0 Å². The van der Waals surface area contributed by atoms with Crippen LogP contribution in [0.5, 0.6) is 0 Å². The molecule has 0 aromatic carbocycles. The van der Waals surface area contributed by atoms with Crippen LogP contribution < -0.4 is 5.32 Å². The minimum absolute atomic E-state index is 0.924. The molecule has 1 fully saturated rings. The van der Waals surface area contributed by atoms with Crippen molar-refractivity contribution in [3.63, 3.8) is 0 Å². The highest BCUT2D eigenvalue weighted by atomic mass is 16.3. The Kier molecular flexibility index (Phi) is 5.93. The normalized spacial score (nSPS) is 21.5. The van der Waals surface area contributed by atoms with E-state index in [0.717, 1.165) is 31.3 Å². The predicted molar refractivity (Wildman–Crippen MR) is 79.0 cm³/mol. The van der Waals surface area contributed by atoms with E-state index in [9.17, 15) is 0 Å². The van der Waals surface area contributed by atoms with Crippen LogP contribution >= 0.6 is 0 Å². The van der Waals surface area contributed by atoms with Gasteiger partial charge in [-0.2, -0.15) is 0 Å². The Morgan fingerprint density at radius 1 is 1.32 bits per heavy atom. The van der Waals surface area contributed by atoms with Gasteiger partial charge in [0.05, 0.1) is 12.8 Å². The fourth-order valence-corrected chi connectivity index (χ4v) is 2.92. The summed E-state index contributed by atoms with van der Waals surface area (Å²) < 4.78 is 5.68. The summed E-state index contributed by atoms with van der Waals surface area (Å²) >= 11 is 0. The van der Waals surface area contributed by atoms with E-state index in [1.54, 1.807) is 0 Å². The minimum Gasteiger partial charge on any atom is -0.468 e. The minimum atomic E-state index is 0.924. The molecule has 1 aromatic heterocycles. The van der Waals surface area contributed by atoms with E-state index in [1.807, 2.05) is 6.26 Å². The van der Waals surface area contributed by atoms with Crippen LogP contribution in [0.1, 0.15) is 50.9 Å².